The fraction of sp³-hybridized carbons (Fsp3) is 0.0952. The highest BCUT2D eigenvalue weighted by Crippen LogP contribution is 2.37. The van der Waals surface area contributed by atoms with Gasteiger partial charge in [0, 0.05) is 17.7 Å². The average Bonchev–Trinajstić information content (AvgIpc) is 2.74. The summed E-state index contributed by atoms with van der Waals surface area (Å²) in [6, 6.07) is 13.7. The van der Waals surface area contributed by atoms with Gasteiger partial charge >= 0.3 is 6.18 Å². The number of non-ortho nitro benzene ring substituents is 1. The number of nitrogens with one attached hydrogen (secondary N) is 1. The first-order valence-electron chi connectivity index (χ1n) is 8.76. The predicted octanol–water partition coefficient (Wildman–Crippen LogP) is 5.67. The van der Waals surface area contributed by atoms with Crippen LogP contribution >= 0.6 is 0 Å². The van der Waals surface area contributed by atoms with Crippen molar-refractivity contribution in [2.24, 2.45) is 0 Å². The van der Waals surface area contributed by atoms with Crippen molar-refractivity contribution < 1.29 is 32.4 Å². The Labute approximate surface area is 174 Å². The van der Waals surface area contributed by atoms with Crippen LogP contribution in [-0.2, 0) is 6.18 Å². The van der Waals surface area contributed by atoms with E-state index < -0.39 is 22.6 Å². The molecule has 1 N–H and O–H groups in total. The van der Waals surface area contributed by atoms with Gasteiger partial charge in [0.15, 0.2) is 5.75 Å². The molecule has 160 valence electrons. The molecule has 7 nitrogen and oxygen atoms in total. The third-order valence-corrected chi connectivity index (χ3v) is 4.16. The minimum absolute atomic E-state index is 0.0445. The maximum Gasteiger partial charge on any atom is 0.416 e. The molecule has 3 aromatic rings. The van der Waals surface area contributed by atoms with Crippen LogP contribution in [0.3, 0.4) is 0 Å². The van der Waals surface area contributed by atoms with Gasteiger partial charge in [-0.05, 0) is 48.5 Å². The minimum Gasteiger partial charge on any atom is -0.497 e. The van der Waals surface area contributed by atoms with E-state index in [4.69, 9.17) is 9.47 Å². The van der Waals surface area contributed by atoms with Crippen LogP contribution in [0.2, 0.25) is 0 Å². The topological polar surface area (TPSA) is 90.7 Å². The lowest BCUT2D eigenvalue weighted by molar-refractivity contribution is -0.384. The van der Waals surface area contributed by atoms with E-state index in [1.54, 1.807) is 24.3 Å². The van der Waals surface area contributed by atoms with E-state index in [0.29, 0.717) is 11.5 Å². The molecule has 0 aliphatic rings. The molecule has 3 rings (SSSR count). The Kier molecular flexibility index (Phi) is 6.10. The van der Waals surface area contributed by atoms with Crippen molar-refractivity contribution in [2.75, 3.05) is 12.4 Å². The lowest BCUT2D eigenvalue weighted by Gasteiger charge is -2.15. The molecule has 0 saturated carbocycles. The van der Waals surface area contributed by atoms with Gasteiger partial charge in [-0.3, -0.25) is 14.9 Å². The van der Waals surface area contributed by atoms with Crippen LogP contribution in [0.25, 0.3) is 0 Å². The second kappa shape index (κ2) is 8.74. The molecular formula is C21H15F3N2O5. The Morgan fingerprint density at radius 3 is 2.29 bits per heavy atom. The Bertz CT molecular complexity index is 1110. The predicted molar refractivity (Wildman–Crippen MR) is 106 cm³/mol. The van der Waals surface area contributed by atoms with Crippen LogP contribution in [0.4, 0.5) is 24.5 Å². The Hall–Kier alpha value is -4.08. The van der Waals surface area contributed by atoms with Gasteiger partial charge in [0.2, 0.25) is 0 Å². The maximum absolute atomic E-state index is 13.2. The molecule has 0 saturated heterocycles. The lowest BCUT2D eigenvalue weighted by Crippen LogP contribution is -2.14. The molecule has 0 radical (unpaired) electrons. The van der Waals surface area contributed by atoms with E-state index in [9.17, 15) is 28.1 Å². The van der Waals surface area contributed by atoms with Crippen molar-refractivity contribution in [3.63, 3.8) is 0 Å². The number of amides is 1. The number of nitro benzene ring substituents is 1. The largest absolute Gasteiger partial charge is 0.497 e. The van der Waals surface area contributed by atoms with Crippen LogP contribution in [-0.4, -0.2) is 17.9 Å². The molecule has 0 bridgehead atoms. The minimum atomic E-state index is -4.65. The third kappa shape index (κ3) is 5.30. The van der Waals surface area contributed by atoms with Crippen LogP contribution in [0.1, 0.15) is 15.9 Å². The smallest absolute Gasteiger partial charge is 0.416 e. The molecule has 0 unspecified atom stereocenters. The van der Waals surface area contributed by atoms with Gasteiger partial charge < -0.3 is 14.8 Å². The van der Waals surface area contributed by atoms with Gasteiger partial charge in [0.25, 0.3) is 11.6 Å². The van der Waals surface area contributed by atoms with Crippen LogP contribution in [0, 0.1) is 10.1 Å². The molecule has 0 aliphatic heterocycles. The van der Waals surface area contributed by atoms with Gasteiger partial charge in [0.05, 0.1) is 23.3 Å². The van der Waals surface area contributed by atoms with E-state index >= 15 is 0 Å². The highest BCUT2D eigenvalue weighted by atomic mass is 19.4. The first-order valence-corrected chi connectivity index (χ1v) is 8.76. The number of carbonyl (C=O) groups excluding carboxylic acids is 1. The standard InChI is InChI=1S/C21H15F3N2O5/c1-30-16-6-8-17(9-7-16)31-19-10-5-14(21(22,23)24)12-18(19)25-20(27)13-3-2-4-15(11-13)26(28)29/h2-12H,1H3,(H,25,27). The summed E-state index contributed by atoms with van der Waals surface area (Å²) < 4.78 is 50.2. The van der Waals surface area contributed by atoms with E-state index in [1.807, 2.05) is 0 Å². The Morgan fingerprint density at radius 2 is 1.68 bits per heavy atom. The van der Waals surface area contributed by atoms with Gasteiger partial charge in [-0.15, -0.1) is 0 Å². The molecular weight excluding hydrogens is 417 g/mol. The summed E-state index contributed by atoms with van der Waals surface area (Å²) in [5.74, 6) is -0.0232. The molecule has 31 heavy (non-hydrogen) atoms. The fourth-order valence-corrected chi connectivity index (χ4v) is 2.62. The molecule has 1 amide bonds. The zero-order valence-electron chi connectivity index (χ0n) is 16.0. The molecule has 10 heteroatoms. The molecule has 0 heterocycles. The van der Waals surface area contributed by atoms with E-state index in [-0.39, 0.29) is 22.7 Å². The van der Waals surface area contributed by atoms with Crippen molar-refractivity contribution in [3.05, 3.63) is 88.0 Å². The maximum atomic E-state index is 13.2. The summed E-state index contributed by atoms with van der Waals surface area (Å²) in [4.78, 5) is 22.8. The third-order valence-electron chi connectivity index (χ3n) is 4.16. The van der Waals surface area contributed by atoms with Crippen molar-refractivity contribution in [2.45, 2.75) is 6.18 Å². The molecule has 0 spiro atoms. The lowest BCUT2D eigenvalue weighted by atomic mass is 10.1. The SMILES string of the molecule is COc1ccc(Oc2ccc(C(F)(F)F)cc2NC(=O)c2cccc([N+](=O)[O-])c2)cc1. The highest BCUT2D eigenvalue weighted by Gasteiger charge is 2.31. The molecule has 0 aromatic heterocycles. The summed E-state index contributed by atoms with van der Waals surface area (Å²) in [5.41, 5.74) is -1.67. The number of benzene rings is 3. The number of halogens is 3. The number of hydrogen-bond donors (Lipinski definition) is 1. The Morgan fingerprint density at radius 1 is 1.00 bits per heavy atom. The molecule has 0 fully saturated rings. The summed E-state index contributed by atoms with van der Waals surface area (Å²) in [6.07, 6.45) is -4.65. The van der Waals surface area contributed by atoms with E-state index in [0.717, 1.165) is 24.3 Å². The number of anilines is 1. The second-order valence-electron chi connectivity index (χ2n) is 6.25. The first kappa shape index (κ1) is 21.6. The van der Waals surface area contributed by atoms with Crippen LogP contribution < -0.4 is 14.8 Å². The zero-order valence-corrected chi connectivity index (χ0v) is 16.0. The number of nitro groups is 1. The summed E-state index contributed by atoms with van der Waals surface area (Å²) >= 11 is 0. The molecule has 3 aromatic carbocycles. The van der Waals surface area contributed by atoms with Gasteiger partial charge in [-0.1, -0.05) is 6.07 Å². The van der Waals surface area contributed by atoms with Gasteiger partial charge in [0.1, 0.15) is 11.5 Å². The van der Waals surface area contributed by atoms with Crippen LogP contribution in [0.5, 0.6) is 17.2 Å². The number of methoxy groups -OCH3 is 1. The molecule has 0 aliphatic carbocycles. The number of rotatable bonds is 6. The normalized spacial score (nSPS) is 11.0. The number of ether oxygens (including phenoxy) is 2. The summed E-state index contributed by atoms with van der Waals surface area (Å²) in [7, 11) is 1.48. The number of carbonyl (C=O) groups is 1. The second-order valence-corrected chi connectivity index (χ2v) is 6.25. The highest BCUT2D eigenvalue weighted by molar-refractivity contribution is 6.05. The van der Waals surface area contributed by atoms with Crippen molar-refractivity contribution in [1.82, 2.24) is 0 Å². The van der Waals surface area contributed by atoms with Crippen molar-refractivity contribution in [3.8, 4) is 17.2 Å². The average molecular weight is 432 g/mol. The fourth-order valence-electron chi connectivity index (χ4n) is 2.62. The first-order chi connectivity index (χ1) is 14.7. The van der Waals surface area contributed by atoms with Crippen LogP contribution in [0.15, 0.2) is 66.7 Å². The van der Waals surface area contributed by atoms with Crippen molar-refractivity contribution >= 4 is 17.3 Å². The zero-order chi connectivity index (χ0) is 22.6. The number of hydrogen-bond acceptors (Lipinski definition) is 5. The van der Waals surface area contributed by atoms with Gasteiger partial charge in [-0.25, -0.2) is 0 Å². The summed E-state index contributed by atoms with van der Waals surface area (Å²) in [6.45, 7) is 0. The monoisotopic (exact) mass is 432 g/mol. The quantitative estimate of drug-likeness (QED) is 0.401. The van der Waals surface area contributed by atoms with E-state index in [2.05, 4.69) is 5.32 Å². The van der Waals surface area contributed by atoms with E-state index in [1.165, 1.54) is 25.3 Å². The van der Waals surface area contributed by atoms with Gasteiger partial charge in [-0.2, -0.15) is 13.2 Å². The summed E-state index contributed by atoms with van der Waals surface area (Å²) in [5, 5.41) is 13.2. The van der Waals surface area contributed by atoms with Crippen molar-refractivity contribution in [1.29, 1.82) is 0 Å². The Balaban J connectivity index is 1.94. The number of alkyl halides is 3. The number of nitrogens with zero attached hydrogens (tertiary/aromatic N) is 1. The molecule has 0 atom stereocenters.